The van der Waals surface area contributed by atoms with Crippen LogP contribution >= 0.6 is 11.6 Å². The number of nitrogens with two attached hydrogens (primary N) is 1. The number of rotatable bonds is 1. The summed E-state index contributed by atoms with van der Waals surface area (Å²) in [5, 5.41) is 0.144. The van der Waals surface area contributed by atoms with Gasteiger partial charge in [0, 0.05) is 0 Å². The topological polar surface area (TPSA) is 52.0 Å². The van der Waals surface area contributed by atoms with Gasteiger partial charge in [-0.3, -0.25) is 0 Å². The Balaban J connectivity index is 2.84. The van der Waals surface area contributed by atoms with Gasteiger partial charge in [-0.1, -0.05) is 0 Å². The van der Waals surface area contributed by atoms with Crippen LogP contribution in [-0.2, 0) is 6.54 Å². The van der Waals surface area contributed by atoms with Crippen molar-refractivity contribution >= 4 is 11.6 Å². The third-order valence-electron chi connectivity index (χ3n) is 0.727. The Kier molecular flexibility index (Phi) is 1.50. The van der Waals surface area contributed by atoms with Crippen molar-refractivity contribution in [3.05, 3.63) is 17.3 Å². The van der Waals surface area contributed by atoms with Gasteiger partial charge in [-0.25, -0.2) is 4.98 Å². The van der Waals surface area contributed by atoms with Crippen molar-refractivity contribution in [3.8, 4) is 0 Å². The molecule has 1 aromatic rings. The van der Waals surface area contributed by atoms with E-state index in [0.717, 1.165) is 0 Å². The molecule has 3 nitrogen and oxygen atoms in total. The van der Waals surface area contributed by atoms with Crippen LogP contribution in [0.2, 0.25) is 5.35 Å². The molecule has 0 unspecified atom stereocenters. The standard InChI is InChI=1S/C4H5ClN2O/c5-4-7-2-3(1-6)8-4/h2H,1,6H2. The summed E-state index contributed by atoms with van der Waals surface area (Å²) in [5.74, 6) is 0.606. The summed E-state index contributed by atoms with van der Waals surface area (Å²) in [7, 11) is 0. The maximum Gasteiger partial charge on any atom is 0.292 e. The minimum Gasteiger partial charge on any atom is -0.431 e. The highest BCUT2D eigenvalue weighted by molar-refractivity contribution is 6.27. The lowest BCUT2D eigenvalue weighted by atomic mass is 10.5. The number of hydrogen-bond donors (Lipinski definition) is 1. The Hall–Kier alpha value is -0.540. The summed E-state index contributed by atoms with van der Waals surface area (Å²) >= 11 is 5.31. The largest absolute Gasteiger partial charge is 0.431 e. The zero-order valence-electron chi connectivity index (χ0n) is 4.10. The number of oxazole rings is 1. The maximum atomic E-state index is 5.31. The lowest BCUT2D eigenvalue weighted by molar-refractivity contribution is 0.508. The van der Waals surface area contributed by atoms with Crippen molar-refractivity contribution in [2.24, 2.45) is 5.73 Å². The molecule has 0 saturated heterocycles. The smallest absolute Gasteiger partial charge is 0.292 e. The van der Waals surface area contributed by atoms with Crippen molar-refractivity contribution in [2.75, 3.05) is 0 Å². The highest BCUT2D eigenvalue weighted by Crippen LogP contribution is 2.06. The molecule has 0 bridgehead atoms. The van der Waals surface area contributed by atoms with Gasteiger partial charge in [-0.05, 0) is 11.6 Å². The number of halogens is 1. The van der Waals surface area contributed by atoms with Gasteiger partial charge in [-0.15, -0.1) is 0 Å². The Morgan fingerprint density at radius 1 is 1.88 bits per heavy atom. The molecule has 0 aliphatic carbocycles. The van der Waals surface area contributed by atoms with E-state index in [1.54, 1.807) is 0 Å². The lowest BCUT2D eigenvalue weighted by Crippen LogP contribution is -1.92. The minimum atomic E-state index is 0.144. The first kappa shape index (κ1) is 5.59. The maximum absolute atomic E-state index is 5.31. The molecule has 0 aliphatic heterocycles. The normalized spacial score (nSPS) is 9.75. The van der Waals surface area contributed by atoms with Gasteiger partial charge in [0.15, 0.2) is 0 Å². The molecule has 0 fully saturated rings. The van der Waals surface area contributed by atoms with E-state index in [-0.39, 0.29) is 5.35 Å². The first-order valence-electron chi connectivity index (χ1n) is 2.13. The van der Waals surface area contributed by atoms with E-state index in [1.165, 1.54) is 6.20 Å². The predicted octanol–water partition coefficient (Wildman–Crippen LogP) is 0.787. The summed E-state index contributed by atoms with van der Waals surface area (Å²) in [5.41, 5.74) is 5.17. The molecular formula is C4H5ClN2O. The van der Waals surface area contributed by atoms with Crippen LogP contribution in [0.1, 0.15) is 5.76 Å². The zero-order chi connectivity index (χ0) is 5.98. The molecule has 1 aromatic heterocycles. The summed E-state index contributed by atoms with van der Waals surface area (Å²) in [6.07, 6.45) is 1.50. The third kappa shape index (κ3) is 0.993. The van der Waals surface area contributed by atoms with Crippen LogP contribution in [0.25, 0.3) is 0 Å². The second-order valence-electron chi connectivity index (χ2n) is 1.28. The summed E-state index contributed by atoms with van der Waals surface area (Å²) in [4.78, 5) is 3.61. The first-order chi connectivity index (χ1) is 3.83. The lowest BCUT2D eigenvalue weighted by Gasteiger charge is -1.79. The summed E-state index contributed by atoms with van der Waals surface area (Å²) in [6.45, 7) is 0.347. The van der Waals surface area contributed by atoms with Crippen LogP contribution in [0.5, 0.6) is 0 Å². The minimum absolute atomic E-state index is 0.144. The van der Waals surface area contributed by atoms with Gasteiger partial charge in [0.2, 0.25) is 0 Å². The Bertz CT molecular complexity index is 174. The number of hydrogen-bond acceptors (Lipinski definition) is 3. The first-order valence-corrected chi connectivity index (χ1v) is 2.51. The van der Waals surface area contributed by atoms with Crippen LogP contribution in [0.4, 0.5) is 0 Å². The van der Waals surface area contributed by atoms with Crippen LogP contribution in [0.15, 0.2) is 10.6 Å². The molecule has 4 heteroatoms. The molecule has 2 N–H and O–H groups in total. The predicted molar refractivity (Wildman–Crippen MR) is 29.4 cm³/mol. The van der Waals surface area contributed by atoms with Crippen molar-refractivity contribution in [1.82, 2.24) is 4.98 Å². The second kappa shape index (κ2) is 2.15. The molecule has 0 spiro atoms. The molecule has 0 amide bonds. The van der Waals surface area contributed by atoms with E-state index in [0.29, 0.717) is 12.3 Å². The molecule has 0 radical (unpaired) electrons. The van der Waals surface area contributed by atoms with Crippen molar-refractivity contribution < 1.29 is 4.42 Å². The fraction of sp³-hybridized carbons (Fsp3) is 0.250. The van der Waals surface area contributed by atoms with Gasteiger partial charge in [0.05, 0.1) is 12.7 Å². The van der Waals surface area contributed by atoms with Crippen LogP contribution in [0.3, 0.4) is 0 Å². The van der Waals surface area contributed by atoms with Crippen LogP contribution < -0.4 is 5.73 Å². The number of aromatic nitrogens is 1. The van der Waals surface area contributed by atoms with Crippen LogP contribution in [0, 0.1) is 0 Å². The quantitative estimate of drug-likeness (QED) is 0.615. The van der Waals surface area contributed by atoms with Gasteiger partial charge in [0.25, 0.3) is 5.35 Å². The Morgan fingerprint density at radius 3 is 2.88 bits per heavy atom. The highest BCUT2D eigenvalue weighted by Gasteiger charge is 1.95. The molecule has 44 valence electrons. The van der Waals surface area contributed by atoms with Gasteiger partial charge >= 0.3 is 0 Å². The average Bonchev–Trinajstić information content (AvgIpc) is 2.14. The molecule has 0 aromatic carbocycles. The SMILES string of the molecule is NCc1cnc(Cl)o1. The van der Waals surface area contributed by atoms with E-state index in [4.69, 9.17) is 21.8 Å². The third-order valence-corrected chi connectivity index (χ3v) is 0.901. The van der Waals surface area contributed by atoms with Gasteiger partial charge < -0.3 is 10.2 Å². The van der Waals surface area contributed by atoms with Crippen molar-refractivity contribution in [3.63, 3.8) is 0 Å². The van der Waals surface area contributed by atoms with Gasteiger partial charge in [0.1, 0.15) is 5.76 Å². The second-order valence-corrected chi connectivity index (χ2v) is 1.61. The van der Waals surface area contributed by atoms with E-state index in [1.807, 2.05) is 0 Å². The Morgan fingerprint density at radius 2 is 2.62 bits per heavy atom. The van der Waals surface area contributed by atoms with E-state index in [2.05, 4.69) is 4.98 Å². The summed E-state index contributed by atoms with van der Waals surface area (Å²) < 4.78 is 4.76. The zero-order valence-corrected chi connectivity index (χ0v) is 4.85. The monoisotopic (exact) mass is 132 g/mol. The van der Waals surface area contributed by atoms with Crippen molar-refractivity contribution in [2.45, 2.75) is 6.54 Å². The van der Waals surface area contributed by atoms with Gasteiger partial charge in [-0.2, -0.15) is 0 Å². The fourth-order valence-corrected chi connectivity index (χ4v) is 0.526. The van der Waals surface area contributed by atoms with Crippen LogP contribution in [-0.4, -0.2) is 4.98 Å². The molecule has 1 heterocycles. The number of nitrogens with zero attached hydrogens (tertiary/aromatic N) is 1. The van der Waals surface area contributed by atoms with Crippen molar-refractivity contribution in [1.29, 1.82) is 0 Å². The molecule has 0 aliphatic rings. The molecule has 1 rings (SSSR count). The Labute approximate surface area is 51.5 Å². The van der Waals surface area contributed by atoms with E-state index < -0.39 is 0 Å². The molecule has 0 saturated carbocycles. The van der Waals surface area contributed by atoms with E-state index >= 15 is 0 Å². The van der Waals surface area contributed by atoms with E-state index in [9.17, 15) is 0 Å². The summed E-state index contributed by atoms with van der Waals surface area (Å²) in [6, 6.07) is 0. The molecular weight excluding hydrogens is 128 g/mol. The fourth-order valence-electron chi connectivity index (χ4n) is 0.378. The average molecular weight is 133 g/mol. The highest BCUT2D eigenvalue weighted by atomic mass is 35.5. The molecule has 0 atom stereocenters. The molecule has 8 heavy (non-hydrogen) atoms.